The number of ether oxygens (including phenoxy) is 1. The van der Waals surface area contributed by atoms with Gasteiger partial charge in [-0.3, -0.25) is 0 Å². The van der Waals surface area contributed by atoms with Crippen LogP contribution in [0.4, 0.5) is 0 Å². The van der Waals surface area contributed by atoms with Gasteiger partial charge in [0.1, 0.15) is 12.4 Å². The Hall–Kier alpha value is -1.06. The summed E-state index contributed by atoms with van der Waals surface area (Å²) in [6, 6.07) is 8.11. The van der Waals surface area contributed by atoms with Crippen molar-refractivity contribution in [1.82, 2.24) is 4.90 Å². The zero-order valence-corrected chi connectivity index (χ0v) is 11.1. The van der Waals surface area contributed by atoms with Gasteiger partial charge >= 0.3 is 0 Å². The van der Waals surface area contributed by atoms with Crippen LogP contribution in [0, 0.1) is 0 Å². The van der Waals surface area contributed by atoms with Gasteiger partial charge < -0.3 is 15.4 Å². The van der Waals surface area contributed by atoms with Gasteiger partial charge in [0.2, 0.25) is 0 Å². The highest BCUT2D eigenvalue weighted by Gasteiger charge is 2.01. The third kappa shape index (κ3) is 4.75. The molecule has 1 atom stereocenters. The van der Waals surface area contributed by atoms with E-state index >= 15 is 0 Å². The number of likely N-dealkylation sites (N-methyl/N-ethyl adjacent to an activating group) is 1. The lowest BCUT2D eigenvalue weighted by atomic mass is 10.1. The van der Waals surface area contributed by atoms with Crippen LogP contribution in [0.5, 0.6) is 5.75 Å². The fourth-order valence-corrected chi connectivity index (χ4v) is 1.70. The van der Waals surface area contributed by atoms with Crippen LogP contribution < -0.4 is 10.5 Å². The van der Waals surface area contributed by atoms with Gasteiger partial charge in [-0.05, 0) is 37.7 Å². The van der Waals surface area contributed by atoms with Gasteiger partial charge in [0.05, 0.1) is 0 Å². The van der Waals surface area contributed by atoms with Gasteiger partial charge in [-0.15, -0.1) is 0 Å². The highest BCUT2D eigenvalue weighted by Crippen LogP contribution is 2.15. The quantitative estimate of drug-likeness (QED) is 0.790. The third-order valence-electron chi connectivity index (χ3n) is 2.98. The minimum absolute atomic E-state index is 0.0831. The zero-order valence-electron chi connectivity index (χ0n) is 11.1. The van der Waals surface area contributed by atoms with E-state index in [0.29, 0.717) is 0 Å². The monoisotopic (exact) mass is 236 g/mol. The summed E-state index contributed by atoms with van der Waals surface area (Å²) >= 11 is 0. The Labute approximate surface area is 105 Å². The molecule has 0 saturated carbocycles. The van der Waals surface area contributed by atoms with Crippen molar-refractivity contribution >= 4 is 0 Å². The molecule has 0 radical (unpaired) electrons. The molecule has 0 saturated heterocycles. The van der Waals surface area contributed by atoms with E-state index in [1.165, 1.54) is 0 Å². The lowest BCUT2D eigenvalue weighted by Gasteiger charge is -2.18. The summed E-state index contributed by atoms with van der Waals surface area (Å²) in [6.45, 7) is 10.2. The van der Waals surface area contributed by atoms with Gasteiger partial charge in [-0.2, -0.15) is 0 Å². The first kappa shape index (κ1) is 14.0. The molecule has 0 amide bonds. The fraction of sp³-hybridized carbons (Fsp3) is 0.571. The minimum Gasteiger partial charge on any atom is -0.492 e. The minimum atomic E-state index is 0.0831. The number of benzene rings is 1. The molecule has 1 aromatic carbocycles. The number of hydrogen-bond donors (Lipinski definition) is 1. The van der Waals surface area contributed by atoms with Crippen molar-refractivity contribution < 1.29 is 4.74 Å². The standard InChI is InChI=1S/C14H24N2O/c1-4-16(5-2)10-11-17-14-8-6-13(7-9-14)12(3)15/h6-9,12H,4-5,10-11,15H2,1-3H3/t12-/m0/s1. The molecule has 0 unspecified atom stereocenters. The molecule has 17 heavy (non-hydrogen) atoms. The summed E-state index contributed by atoms with van der Waals surface area (Å²) in [5, 5.41) is 0. The summed E-state index contributed by atoms with van der Waals surface area (Å²) in [5.41, 5.74) is 6.93. The van der Waals surface area contributed by atoms with E-state index in [1.807, 2.05) is 31.2 Å². The summed E-state index contributed by atoms with van der Waals surface area (Å²) in [7, 11) is 0. The Morgan fingerprint density at radius 3 is 2.24 bits per heavy atom. The molecule has 1 rings (SSSR count). The fourth-order valence-electron chi connectivity index (χ4n) is 1.70. The molecule has 0 aliphatic heterocycles. The van der Waals surface area contributed by atoms with Crippen molar-refractivity contribution in [3.63, 3.8) is 0 Å². The van der Waals surface area contributed by atoms with Crippen LogP contribution in [0.25, 0.3) is 0 Å². The van der Waals surface area contributed by atoms with Crippen LogP contribution in [-0.2, 0) is 0 Å². The van der Waals surface area contributed by atoms with Crippen LogP contribution in [0.3, 0.4) is 0 Å². The van der Waals surface area contributed by atoms with Crippen molar-refractivity contribution in [3.8, 4) is 5.75 Å². The second-order valence-electron chi connectivity index (χ2n) is 4.23. The molecule has 0 bridgehead atoms. The molecule has 0 spiro atoms. The molecule has 0 aliphatic rings. The summed E-state index contributed by atoms with van der Waals surface area (Å²) in [5.74, 6) is 0.918. The van der Waals surface area contributed by atoms with Crippen LogP contribution in [0.2, 0.25) is 0 Å². The third-order valence-corrected chi connectivity index (χ3v) is 2.98. The normalized spacial score (nSPS) is 12.8. The molecule has 3 heteroatoms. The van der Waals surface area contributed by atoms with Gasteiger partial charge in [0.25, 0.3) is 0 Å². The SMILES string of the molecule is CCN(CC)CCOc1ccc([C@H](C)N)cc1. The predicted molar refractivity (Wildman–Crippen MR) is 72.3 cm³/mol. The molecule has 3 nitrogen and oxygen atoms in total. The largest absolute Gasteiger partial charge is 0.492 e. The van der Waals surface area contributed by atoms with Gasteiger partial charge in [0, 0.05) is 12.6 Å². The Balaban J connectivity index is 2.37. The highest BCUT2D eigenvalue weighted by molar-refractivity contribution is 5.28. The zero-order chi connectivity index (χ0) is 12.7. The molecule has 0 aliphatic carbocycles. The average molecular weight is 236 g/mol. The predicted octanol–water partition coefficient (Wildman–Crippen LogP) is 2.43. The van der Waals surface area contributed by atoms with Crippen LogP contribution in [0.1, 0.15) is 32.4 Å². The van der Waals surface area contributed by atoms with E-state index in [2.05, 4.69) is 18.7 Å². The first-order chi connectivity index (χ1) is 8.17. The average Bonchev–Trinajstić information content (AvgIpc) is 2.35. The van der Waals surface area contributed by atoms with Crippen molar-refractivity contribution in [2.75, 3.05) is 26.2 Å². The Bertz CT molecular complexity index is 305. The number of hydrogen-bond acceptors (Lipinski definition) is 3. The molecule has 2 N–H and O–H groups in total. The van der Waals surface area contributed by atoms with E-state index < -0.39 is 0 Å². The van der Waals surface area contributed by atoms with E-state index in [0.717, 1.165) is 37.6 Å². The second kappa shape index (κ2) is 7.30. The van der Waals surface area contributed by atoms with Crippen molar-refractivity contribution in [1.29, 1.82) is 0 Å². The maximum atomic E-state index is 5.79. The molecule has 0 fully saturated rings. The lowest BCUT2D eigenvalue weighted by molar-refractivity contribution is 0.223. The number of nitrogens with two attached hydrogens (primary N) is 1. The summed E-state index contributed by atoms with van der Waals surface area (Å²) < 4.78 is 5.69. The van der Waals surface area contributed by atoms with Crippen molar-refractivity contribution in [2.24, 2.45) is 5.73 Å². The molecular formula is C14H24N2O. The van der Waals surface area contributed by atoms with E-state index in [1.54, 1.807) is 0 Å². The maximum absolute atomic E-state index is 5.79. The smallest absolute Gasteiger partial charge is 0.119 e. The van der Waals surface area contributed by atoms with Crippen molar-refractivity contribution in [2.45, 2.75) is 26.8 Å². The molecular weight excluding hydrogens is 212 g/mol. The molecule has 0 aromatic heterocycles. The summed E-state index contributed by atoms with van der Waals surface area (Å²) in [4.78, 5) is 2.34. The van der Waals surface area contributed by atoms with Crippen molar-refractivity contribution in [3.05, 3.63) is 29.8 Å². The number of rotatable bonds is 7. The maximum Gasteiger partial charge on any atom is 0.119 e. The first-order valence-corrected chi connectivity index (χ1v) is 6.38. The molecule has 96 valence electrons. The first-order valence-electron chi connectivity index (χ1n) is 6.38. The van der Waals surface area contributed by atoms with E-state index in [-0.39, 0.29) is 6.04 Å². The Morgan fingerprint density at radius 2 is 1.76 bits per heavy atom. The molecule has 0 heterocycles. The van der Waals surface area contributed by atoms with Gasteiger partial charge in [-0.1, -0.05) is 26.0 Å². The Kier molecular flexibility index (Phi) is 6.01. The highest BCUT2D eigenvalue weighted by atomic mass is 16.5. The van der Waals surface area contributed by atoms with Crippen LogP contribution in [-0.4, -0.2) is 31.1 Å². The van der Waals surface area contributed by atoms with Gasteiger partial charge in [-0.25, -0.2) is 0 Å². The number of nitrogens with zero attached hydrogens (tertiary/aromatic N) is 1. The summed E-state index contributed by atoms with van der Waals surface area (Å²) in [6.07, 6.45) is 0. The van der Waals surface area contributed by atoms with Crippen LogP contribution in [0.15, 0.2) is 24.3 Å². The molecule has 1 aromatic rings. The topological polar surface area (TPSA) is 38.5 Å². The second-order valence-corrected chi connectivity index (χ2v) is 4.23. The van der Waals surface area contributed by atoms with E-state index in [4.69, 9.17) is 10.5 Å². The Morgan fingerprint density at radius 1 is 1.18 bits per heavy atom. The lowest BCUT2D eigenvalue weighted by Crippen LogP contribution is -2.27. The van der Waals surface area contributed by atoms with Gasteiger partial charge in [0.15, 0.2) is 0 Å². The van der Waals surface area contributed by atoms with E-state index in [9.17, 15) is 0 Å². The van der Waals surface area contributed by atoms with Crippen LogP contribution >= 0.6 is 0 Å².